The molecular weight excluding hydrogens is 370 g/mol. The molecule has 8 heteroatoms. The lowest BCUT2D eigenvalue weighted by molar-refractivity contribution is 0.245. The summed E-state index contributed by atoms with van der Waals surface area (Å²) in [5.74, 6) is 0. The number of likely N-dealkylation sites (tertiary alicyclic amines) is 1. The Morgan fingerprint density at radius 2 is 2.21 bits per heavy atom. The minimum Gasteiger partial charge on any atom is -0.380 e. The Bertz CT molecular complexity index is 1050. The molecule has 0 aromatic carbocycles. The molecule has 1 fully saturated rings. The summed E-state index contributed by atoms with van der Waals surface area (Å²) in [7, 11) is 0. The lowest BCUT2D eigenvalue weighted by Gasteiger charge is -2.21. The molecule has 28 heavy (non-hydrogen) atoms. The first kappa shape index (κ1) is 17.3. The van der Waals surface area contributed by atoms with Crippen LogP contribution in [0.1, 0.15) is 35.1 Å². The number of hydrogen-bond donors (Lipinski definition) is 1. The van der Waals surface area contributed by atoms with Gasteiger partial charge in [-0.1, -0.05) is 11.3 Å². The van der Waals surface area contributed by atoms with Crippen molar-refractivity contribution in [1.82, 2.24) is 29.7 Å². The van der Waals surface area contributed by atoms with Crippen molar-refractivity contribution < 1.29 is 0 Å². The average Bonchev–Trinajstić information content (AvgIpc) is 3.48. The van der Waals surface area contributed by atoms with E-state index in [4.69, 9.17) is 0 Å². The summed E-state index contributed by atoms with van der Waals surface area (Å²) in [5.41, 5.74) is 4.29. The summed E-state index contributed by atoms with van der Waals surface area (Å²) in [6.07, 6.45) is 9.82. The van der Waals surface area contributed by atoms with Gasteiger partial charge in [-0.05, 0) is 43.1 Å². The van der Waals surface area contributed by atoms with Gasteiger partial charge >= 0.3 is 0 Å². The fourth-order valence-electron chi connectivity index (χ4n) is 3.79. The largest absolute Gasteiger partial charge is 0.380 e. The first-order valence-corrected chi connectivity index (χ1v) is 10.3. The smallest absolute Gasteiger partial charge is 0.108 e. The van der Waals surface area contributed by atoms with Gasteiger partial charge in [0.2, 0.25) is 0 Å². The van der Waals surface area contributed by atoms with Crippen LogP contribution in [0.3, 0.4) is 0 Å². The number of hydrogen-bond acceptors (Lipinski definition) is 7. The molecule has 0 saturated carbocycles. The summed E-state index contributed by atoms with van der Waals surface area (Å²) < 4.78 is 1.88. The van der Waals surface area contributed by atoms with Crippen molar-refractivity contribution in [3.8, 4) is 0 Å². The second-order valence-electron chi connectivity index (χ2n) is 6.99. The molecule has 0 radical (unpaired) electrons. The van der Waals surface area contributed by atoms with Gasteiger partial charge in [0, 0.05) is 30.5 Å². The summed E-state index contributed by atoms with van der Waals surface area (Å²) >= 11 is 1.71. The van der Waals surface area contributed by atoms with Crippen molar-refractivity contribution in [3.63, 3.8) is 0 Å². The van der Waals surface area contributed by atoms with Gasteiger partial charge in [-0.25, -0.2) is 9.50 Å². The molecule has 4 aromatic heterocycles. The number of pyridine rings is 2. The molecule has 5 rings (SSSR count). The highest BCUT2D eigenvalue weighted by atomic mass is 32.1. The third-order valence-corrected chi connectivity index (χ3v) is 5.93. The molecule has 0 spiro atoms. The quantitative estimate of drug-likeness (QED) is 0.542. The lowest BCUT2D eigenvalue weighted by atomic mass is 10.1. The van der Waals surface area contributed by atoms with E-state index in [1.807, 2.05) is 34.6 Å². The lowest BCUT2D eigenvalue weighted by Crippen LogP contribution is -2.23. The Labute approximate surface area is 167 Å². The molecule has 7 nitrogen and oxygen atoms in total. The number of fused-ring (bicyclic) bond motifs is 1. The van der Waals surface area contributed by atoms with Crippen LogP contribution >= 0.6 is 11.3 Å². The molecule has 0 bridgehead atoms. The maximum atomic E-state index is 4.53. The van der Waals surface area contributed by atoms with Crippen LogP contribution in [-0.2, 0) is 13.1 Å². The minimum atomic E-state index is 0.301. The van der Waals surface area contributed by atoms with E-state index < -0.39 is 0 Å². The summed E-state index contributed by atoms with van der Waals surface area (Å²) in [4.78, 5) is 11.1. The van der Waals surface area contributed by atoms with Crippen LogP contribution < -0.4 is 5.32 Å². The Balaban J connectivity index is 1.34. The third kappa shape index (κ3) is 3.48. The van der Waals surface area contributed by atoms with E-state index >= 15 is 0 Å². The number of anilines is 1. The number of nitrogens with one attached hydrogen (secondary N) is 1. The van der Waals surface area contributed by atoms with Crippen molar-refractivity contribution in [2.24, 2.45) is 0 Å². The SMILES string of the molecule is c1cncc(CNc2ccc3c(C4CCCN4Cc4nccs4)nnn3c2)c1. The second kappa shape index (κ2) is 7.65. The highest BCUT2D eigenvalue weighted by Crippen LogP contribution is 2.34. The molecular formula is C20H21N7S. The predicted octanol–water partition coefficient (Wildman–Crippen LogP) is 3.53. The average molecular weight is 392 g/mol. The van der Waals surface area contributed by atoms with Crippen molar-refractivity contribution >= 4 is 22.5 Å². The zero-order valence-corrected chi connectivity index (χ0v) is 16.2. The molecule has 1 atom stereocenters. The van der Waals surface area contributed by atoms with E-state index in [9.17, 15) is 0 Å². The van der Waals surface area contributed by atoms with E-state index in [0.717, 1.165) is 53.5 Å². The van der Waals surface area contributed by atoms with Gasteiger partial charge in [-0.3, -0.25) is 9.88 Å². The topological polar surface area (TPSA) is 71.2 Å². The number of nitrogens with zero attached hydrogens (tertiary/aromatic N) is 6. The van der Waals surface area contributed by atoms with E-state index in [0.29, 0.717) is 6.04 Å². The first-order chi connectivity index (χ1) is 13.9. The zero-order valence-electron chi connectivity index (χ0n) is 15.4. The van der Waals surface area contributed by atoms with Gasteiger partial charge in [-0.15, -0.1) is 16.4 Å². The van der Waals surface area contributed by atoms with E-state index in [1.54, 1.807) is 17.5 Å². The second-order valence-corrected chi connectivity index (χ2v) is 7.97. The Morgan fingerprint density at radius 1 is 1.21 bits per heavy atom. The Hall–Kier alpha value is -2.84. The van der Waals surface area contributed by atoms with Crippen LogP contribution in [0.25, 0.3) is 5.52 Å². The maximum Gasteiger partial charge on any atom is 0.108 e. The van der Waals surface area contributed by atoms with Crippen molar-refractivity contribution in [2.75, 3.05) is 11.9 Å². The van der Waals surface area contributed by atoms with Crippen LogP contribution in [0.15, 0.2) is 54.4 Å². The van der Waals surface area contributed by atoms with Gasteiger partial charge in [0.05, 0.1) is 30.0 Å². The highest BCUT2D eigenvalue weighted by Gasteiger charge is 2.30. The third-order valence-electron chi connectivity index (χ3n) is 5.16. The van der Waals surface area contributed by atoms with Crippen molar-refractivity contribution in [3.05, 3.63) is 70.7 Å². The van der Waals surface area contributed by atoms with E-state index in [2.05, 4.69) is 48.7 Å². The monoisotopic (exact) mass is 391 g/mol. The van der Waals surface area contributed by atoms with Crippen LogP contribution in [0.2, 0.25) is 0 Å². The molecule has 142 valence electrons. The van der Waals surface area contributed by atoms with E-state index in [-0.39, 0.29) is 0 Å². The summed E-state index contributed by atoms with van der Waals surface area (Å²) in [6, 6.07) is 8.52. The van der Waals surface area contributed by atoms with Gasteiger partial charge in [0.25, 0.3) is 0 Å². The minimum absolute atomic E-state index is 0.301. The maximum absolute atomic E-state index is 4.53. The number of thiazole rings is 1. The Kier molecular flexibility index (Phi) is 4.72. The van der Waals surface area contributed by atoms with Crippen LogP contribution in [0.4, 0.5) is 5.69 Å². The first-order valence-electron chi connectivity index (χ1n) is 9.47. The zero-order chi connectivity index (χ0) is 18.8. The fourth-order valence-corrected chi connectivity index (χ4v) is 4.43. The number of aromatic nitrogens is 5. The molecule has 1 saturated heterocycles. The molecule has 0 aliphatic carbocycles. The van der Waals surface area contributed by atoms with Gasteiger partial charge in [0.1, 0.15) is 10.7 Å². The molecule has 0 amide bonds. The van der Waals surface area contributed by atoms with E-state index in [1.165, 1.54) is 6.42 Å². The standard InChI is InChI=1S/C20H21N7S/c1-3-15(11-21-7-1)12-23-16-5-6-18-20(24-25-27(18)13-16)17-4-2-9-26(17)14-19-22-8-10-28-19/h1,3,5-8,10-11,13,17,23H,2,4,9,12,14H2. The molecule has 4 aromatic rings. The predicted molar refractivity (Wildman–Crippen MR) is 109 cm³/mol. The molecule has 1 aliphatic heterocycles. The van der Waals surface area contributed by atoms with Crippen molar-refractivity contribution in [1.29, 1.82) is 0 Å². The summed E-state index contributed by atoms with van der Waals surface area (Å²) in [5, 5.41) is 15.5. The van der Waals surface area contributed by atoms with Gasteiger partial charge < -0.3 is 5.32 Å². The van der Waals surface area contributed by atoms with Crippen LogP contribution in [0, 0.1) is 0 Å². The number of rotatable bonds is 6. The molecule has 1 aliphatic rings. The normalized spacial score (nSPS) is 17.4. The van der Waals surface area contributed by atoms with Gasteiger partial charge in [0.15, 0.2) is 0 Å². The fraction of sp³-hybridized carbons (Fsp3) is 0.300. The molecule has 5 heterocycles. The highest BCUT2D eigenvalue weighted by molar-refractivity contribution is 7.09. The summed E-state index contributed by atoms with van der Waals surface area (Å²) in [6.45, 7) is 2.69. The van der Waals surface area contributed by atoms with Crippen LogP contribution in [0.5, 0.6) is 0 Å². The molecule has 1 N–H and O–H groups in total. The van der Waals surface area contributed by atoms with Crippen LogP contribution in [-0.4, -0.2) is 36.2 Å². The van der Waals surface area contributed by atoms with Crippen molar-refractivity contribution in [2.45, 2.75) is 32.0 Å². The van der Waals surface area contributed by atoms with Gasteiger partial charge in [-0.2, -0.15) is 0 Å². The molecule has 1 unspecified atom stereocenters. The Morgan fingerprint density at radius 3 is 3.07 bits per heavy atom.